The Labute approximate surface area is 248 Å². The van der Waals surface area contributed by atoms with Gasteiger partial charge in [-0.05, 0) is 53.6 Å². The van der Waals surface area contributed by atoms with Gasteiger partial charge in [0.2, 0.25) is 0 Å². The molecule has 1 aromatic heterocycles. The molecular weight excluding hydrogens is 562 g/mol. The SMILES string of the molecule is CC(C)c1nc2c(c3c1[C@@H](c1ccc(C(F)(F)F)cc1F)OC31CCOCC1)[C@@H](O[Si](C)(C)C(C)(C)C)CC(C)(C)[C]2. The summed E-state index contributed by atoms with van der Waals surface area (Å²) in [5.74, 6) is -0.986. The fourth-order valence-corrected chi connectivity index (χ4v) is 7.62. The first kappa shape index (κ1) is 31.6. The van der Waals surface area contributed by atoms with Crippen molar-refractivity contribution in [1.82, 2.24) is 4.98 Å². The number of pyridine rings is 1. The van der Waals surface area contributed by atoms with Gasteiger partial charge in [-0.2, -0.15) is 13.2 Å². The smallest absolute Gasteiger partial charge is 0.410 e. The maximum Gasteiger partial charge on any atom is 0.416 e. The van der Waals surface area contributed by atoms with E-state index in [0.717, 1.165) is 34.1 Å². The summed E-state index contributed by atoms with van der Waals surface area (Å²) in [4.78, 5) is 5.17. The molecule has 0 unspecified atom stereocenters. The number of aromatic nitrogens is 1. The highest BCUT2D eigenvalue weighted by molar-refractivity contribution is 6.74. The molecule has 9 heteroatoms. The molecule has 2 radical (unpaired) electrons. The van der Waals surface area contributed by atoms with Crippen molar-refractivity contribution in [1.29, 1.82) is 0 Å². The van der Waals surface area contributed by atoms with E-state index in [1.165, 1.54) is 6.07 Å². The summed E-state index contributed by atoms with van der Waals surface area (Å²) in [7, 11) is -2.25. The van der Waals surface area contributed by atoms with Gasteiger partial charge in [0, 0.05) is 54.9 Å². The second-order valence-corrected chi connectivity index (χ2v) is 19.4. The molecule has 42 heavy (non-hydrogen) atoms. The highest BCUT2D eigenvalue weighted by atomic mass is 28.4. The standard InChI is InChI=1S/C33H43F4NO3Si/c1-19(2)28-26-27(25-23(38-28)17-31(6,7)18-24(25)41-42(8,9)30(3,4)5)32(12-14-39-15-13-32)40-29(26)21-11-10-20(16-22(21)34)33(35,36)37/h10-11,16,19,24,29H,12-15,18H2,1-9H3/t24-,29+/m0/s1. The number of benzene rings is 1. The van der Waals surface area contributed by atoms with Crippen LogP contribution in [0.2, 0.25) is 18.1 Å². The predicted molar refractivity (Wildman–Crippen MR) is 156 cm³/mol. The molecule has 0 bridgehead atoms. The number of halogens is 4. The number of rotatable bonds is 4. The number of nitrogens with zero attached hydrogens (tertiary/aromatic N) is 1. The molecule has 1 fully saturated rings. The van der Waals surface area contributed by atoms with Crippen LogP contribution in [-0.2, 0) is 25.7 Å². The average Bonchev–Trinajstić information content (AvgIpc) is 3.15. The summed E-state index contributed by atoms with van der Waals surface area (Å²) in [5, 5.41) is -0.0323. The molecule has 1 aromatic carbocycles. The number of ether oxygens (including phenoxy) is 2. The third kappa shape index (κ3) is 5.48. The van der Waals surface area contributed by atoms with Crippen LogP contribution in [0.3, 0.4) is 0 Å². The van der Waals surface area contributed by atoms with Crippen LogP contribution < -0.4 is 0 Å². The number of alkyl halides is 3. The van der Waals surface area contributed by atoms with Gasteiger partial charge in [0.15, 0.2) is 8.32 Å². The summed E-state index contributed by atoms with van der Waals surface area (Å²) >= 11 is 0. The predicted octanol–water partition coefficient (Wildman–Crippen LogP) is 9.41. The Bertz CT molecular complexity index is 1360. The highest BCUT2D eigenvalue weighted by Crippen LogP contribution is 2.59. The summed E-state index contributed by atoms with van der Waals surface area (Å²) < 4.78 is 75.8. The Kier molecular flexibility index (Phi) is 7.81. The third-order valence-corrected chi connectivity index (χ3v) is 14.0. The van der Waals surface area contributed by atoms with Crippen molar-refractivity contribution in [2.24, 2.45) is 5.41 Å². The summed E-state index contributed by atoms with van der Waals surface area (Å²) in [6.07, 6.45) is -0.372. The van der Waals surface area contributed by atoms with Crippen molar-refractivity contribution >= 4 is 8.32 Å². The molecule has 3 aliphatic rings. The minimum Gasteiger partial charge on any atom is -0.410 e. The quantitative estimate of drug-likeness (QED) is 0.257. The van der Waals surface area contributed by atoms with Crippen molar-refractivity contribution in [3.05, 3.63) is 69.6 Å². The Hall–Kier alpha value is -1.81. The molecule has 1 spiro atoms. The van der Waals surface area contributed by atoms with E-state index in [9.17, 15) is 13.2 Å². The van der Waals surface area contributed by atoms with E-state index in [1.807, 2.05) is 13.8 Å². The summed E-state index contributed by atoms with van der Waals surface area (Å²) in [6.45, 7) is 20.4. The normalized spacial score (nSPS) is 23.8. The summed E-state index contributed by atoms with van der Waals surface area (Å²) in [6, 6.07) is 2.73. The second-order valence-electron chi connectivity index (χ2n) is 14.6. The van der Waals surface area contributed by atoms with Gasteiger partial charge >= 0.3 is 6.18 Å². The van der Waals surface area contributed by atoms with E-state index < -0.39 is 37.6 Å². The fraction of sp³-hybridized carbons (Fsp3) is 0.636. The maximum atomic E-state index is 15.6. The lowest BCUT2D eigenvalue weighted by Crippen LogP contribution is -2.44. The molecule has 2 aromatic rings. The van der Waals surface area contributed by atoms with Crippen LogP contribution in [0.4, 0.5) is 17.6 Å². The van der Waals surface area contributed by atoms with Crippen molar-refractivity contribution in [2.75, 3.05) is 13.2 Å². The molecule has 230 valence electrons. The van der Waals surface area contributed by atoms with E-state index >= 15 is 4.39 Å². The van der Waals surface area contributed by atoms with Gasteiger partial charge in [-0.15, -0.1) is 0 Å². The first-order valence-corrected chi connectivity index (χ1v) is 17.8. The summed E-state index contributed by atoms with van der Waals surface area (Å²) in [5.41, 5.74) is 2.12. The van der Waals surface area contributed by atoms with Gasteiger partial charge < -0.3 is 13.9 Å². The number of hydrogen-bond acceptors (Lipinski definition) is 4. The molecule has 5 rings (SSSR count). The van der Waals surface area contributed by atoms with Crippen LogP contribution in [0.1, 0.15) is 125 Å². The lowest BCUT2D eigenvalue weighted by atomic mass is 9.70. The van der Waals surface area contributed by atoms with E-state index in [4.69, 9.17) is 18.9 Å². The molecule has 0 saturated carbocycles. The zero-order valence-electron chi connectivity index (χ0n) is 26.2. The maximum absolute atomic E-state index is 15.6. The molecule has 2 atom stereocenters. The fourth-order valence-electron chi connectivity index (χ4n) is 6.36. The van der Waals surface area contributed by atoms with E-state index in [0.29, 0.717) is 38.5 Å². The van der Waals surface area contributed by atoms with Gasteiger partial charge in [-0.3, -0.25) is 4.98 Å². The lowest BCUT2D eigenvalue weighted by Gasteiger charge is -2.46. The zero-order valence-corrected chi connectivity index (χ0v) is 27.2. The molecular formula is C33H43F4NO3Si. The molecule has 2 aliphatic heterocycles. The lowest BCUT2D eigenvalue weighted by molar-refractivity contribution is -0.138. The van der Waals surface area contributed by atoms with Crippen molar-refractivity contribution in [3.63, 3.8) is 0 Å². The molecule has 4 nitrogen and oxygen atoms in total. The van der Waals surface area contributed by atoms with Gasteiger partial charge in [0.05, 0.1) is 23.0 Å². The van der Waals surface area contributed by atoms with Gasteiger partial charge in [0.1, 0.15) is 11.9 Å². The van der Waals surface area contributed by atoms with Crippen molar-refractivity contribution in [2.45, 2.75) is 116 Å². The Morgan fingerprint density at radius 2 is 1.71 bits per heavy atom. The van der Waals surface area contributed by atoms with Crippen molar-refractivity contribution < 1.29 is 31.5 Å². The number of hydrogen-bond donors (Lipinski definition) is 0. The number of fused-ring (bicyclic) bond motifs is 4. The van der Waals surface area contributed by atoms with Crippen molar-refractivity contribution in [3.8, 4) is 0 Å². The van der Waals surface area contributed by atoms with Crippen LogP contribution in [0.15, 0.2) is 18.2 Å². The third-order valence-electron chi connectivity index (χ3n) is 9.54. The second kappa shape index (κ2) is 10.4. The first-order chi connectivity index (χ1) is 19.3. The zero-order chi connectivity index (χ0) is 31.0. The van der Waals surface area contributed by atoms with Gasteiger partial charge in [-0.25, -0.2) is 4.39 Å². The highest BCUT2D eigenvalue weighted by Gasteiger charge is 2.54. The molecule has 3 heterocycles. The first-order valence-electron chi connectivity index (χ1n) is 14.9. The van der Waals surface area contributed by atoms with Crippen LogP contribution >= 0.6 is 0 Å². The van der Waals surface area contributed by atoms with Crippen LogP contribution in [0.5, 0.6) is 0 Å². The van der Waals surface area contributed by atoms with E-state index in [-0.39, 0.29) is 28.0 Å². The Morgan fingerprint density at radius 1 is 1.07 bits per heavy atom. The average molecular weight is 606 g/mol. The minimum atomic E-state index is -4.65. The van der Waals surface area contributed by atoms with Gasteiger partial charge in [0.25, 0.3) is 0 Å². The largest absolute Gasteiger partial charge is 0.416 e. The molecule has 1 saturated heterocycles. The van der Waals surface area contributed by atoms with E-state index in [2.05, 4.69) is 54.1 Å². The van der Waals surface area contributed by atoms with Crippen LogP contribution in [-0.4, -0.2) is 26.5 Å². The molecule has 0 amide bonds. The topological polar surface area (TPSA) is 40.6 Å². The van der Waals surface area contributed by atoms with E-state index in [1.54, 1.807) is 0 Å². The Balaban J connectivity index is 1.79. The van der Waals surface area contributed by atoms with Crippen LogP contribution in [0, 0.1) is 17.7 Å². The van der Waals surface area contributed by atoms with Crippen LogP contribution in [0.25, 0.3) is 0 Å². The minimum absolute atomic E-state index is 0.0323. The van der Waals surface area contributed by atoms with Gasteiger partial charge in [-0.1, -0.05) is 54.5 Å². The Morgan fingerprint density at radius 3 is 2.26 bits per heavy atom. The monoisotopic (exact) mass is 605 g/mol. The molecule has 0 N–H and O–H groups in total. The molecule has 1 aliphatic carbocycles.